The maximum absolute atomic E-state index is 13.3. The van der Waals surface area contributed by atoms with Gasteiger partial charge in [0, 0.05) is 50.6 Å². The summed E-state index contributed by atoms with van der Waals surface area (Å²) in [6.07, 6.45) is 5.87. The second-order valence-corrected chi connectivity index (χ2v) is 9.29. The first-order chi connectivity index (χ1) is 15.3. The van der Waals surface area contributed by atoms with Crippen molar-refractivity contribution in [1.82, 2.24) is 19.1 Å². The summed E-state index contributed by atoms with van der Waals surface area (Å²) in [6.45, 7) is 9.05. The van der Waals surface area contributed by atoms with Crippen LogP contribution >= 0.6 is 0 Å². The fraction of sp³-hybridized carbons (Fsp3) is 0.435. The van der Waals surface area contributed by atoms with Gasteiger partial charge < -0.3 is 4.90 Å². The third-order valence-electron chi connectivity index (χ3n) is 6.18. The molecule has 3 heterocycles. The Hall–Kier alpha value is -2.76. The molecule has 3 aliphatic rings. The Morgan fingerprint density at radius 3 is 2.32 bits per heavy atom. The van der Waals surface area contributed by atoms with Gasteiger partial charge in [-0.15, -0.1) is 0 Å². The zero-order chi connectivity index (χ0) is 21.6. The zero-order valence-corrected chi connectivity index (χ0v) is 18.5. The average molecular weight is 437 g/mol. The molecule has 2 aliphatic heterocycles. The van der Waals surface area contributed by atoms with Crippen LogP contribution in [0.4, 0.5) is 0 Å². The van der Waals surface area contributed by atoms with E-state index in [0.717, 1.165) is 60.9 Å². The highest BCUT2D eigenvalue weighted by atomic mass is 32.2. The van der Waals surface area contributed by atoms with Gasteiger partial charge in [-0.2, -0.15) is 0 Å². The third-order valence-corrected chi connectivity index (χ3v) is 7.61. The van der Waals surface area contributed by atoms with E-state index in [2.05, 4.69) is 21.4 Å². The topological polar surface area (TPSA) is 75.8 Å². The first kappa shape index (κ1) is 21.5. The summed E-state index contributed by atoms with van der Waals surface area (Å²) in [7, 11) is -1.24. The average Bonchev–Trinajstić information content (AvgIpc) is 3.30. The summed E-state index contributed by atoms with van der Waals surface area (Å²) < 4.78 is 15.2. The molecule has 0 radical (unpaired) electrons. The Kier molecular flexibility index (Phi) is 6.95. The number of aliphatic imine (C=N–C) groups is 1. The van der Waals surface area contributed by atoms with Crippen molar-refractivity contribution in [1.29, 1.82) is 5.26 Å². The van der Waals surface area contributed by atoms with Crippen molar-refractivity contribution in [2.75, 3.05) is 39.3 Å². The van der Waals surface area contributed by atoms with E-state index in [9.17, 15) is 4.21 Å². The fourth-order valence-electron chi connectivity index (χ4n) is 4.28. The molecule has 1 aliphatic carbocycles. The lowest BCUT2D eigenvalue weighted by molar-refractivity contribution is 0.0834. The standard InChI is InChI=1S/C22H27N5OS.CHN/c28-29(20-9-7-18(8-10-20)21-6-1-2-11-23-21)27-13-12-24-22(27)26-16-14-25(15-17-26)19-4-3-5-19;1-2/h1-2,6-11,19H,3-5,12-17H2;1H. The van der Waals surface area contributed by atoms with E-state index in [1.165, 1.54) is 19.3 Å². The summed E-state index contributed by atoms with van der Waals surface area (Å²) in [4.78, 5) is 14.8. The number of rotatable bonds is 4. The van der Waals surface area contributed by atoms with E-state index in [0.29, 0.717) is 6.54 Å². The molecule has 1 aromatic carbocycles. The second kappa shape index (κ2) is 10.0. The van der Waals surface area contributed by atoms with Crippen LogP contribution in [0.25, 0.3) is 11.3 Å². The minimum Gasteiger partial charge on any atom is -0.339 e. The molecule has 7 nitrogen and oxygen atoms in total. The fourth-order valence-corrected chi connectivity index (χ4v) is 5.47. The lowest BCUT2D eigenvalue weighted by atomic mass is 9.91. The molecule has 0 amide bonds. The van der Waals surface area contributed by atoms with E-state index in [1.807, 2.05) is 46.8 Å². The summed E-state index contributed by atoms with van der Waals surface area (Å²) in [6, 6.07) is 14.6. The number of hydrogen-bond acceptors (Lipinski definition) is 6. The number of aromatic nitrogens is 1. The van der Waals surface area contributed by atoms with Gasteiger partial charge in [-0.25, -0.2) is 9.47 Å². The van der Waals surface area contributed by atoms with E-state index in [1.54, 1.807) is 6.20 Å². The van der Waals surface area contributed by atoms with Gasteiger partial charge >= 0.3 is 0 Å². The molecule has 8 heteroatoms. The van der Waals surface area contributed by atoms with Crippen LogP contribution in [0.1, 0.15) is 19.3 Å². The summed E-state index contributed by atoms with van der Waals surface area (Å²) in [5, 5.41) is 6.50. The number of nitrogens with zero attached hydrogens (tertiary/aromatic N) is 6. The summed E-state index contributed by atoms with van der Waals surface area (Å²) >= 11 is 0. The van der Waals surface area contributed by atoms with Crippen LogP contribution in [-0.4, -0.2) is 74.6 Å². The molecule has 2 aromatic rings. The van der Waals surface area contributed by atoms with Crippen molar-refractivity contribution in [2.45, 2.75) is 30.2 Å². The Balaban J connectivity index is 0.00000112. The first-order valence-corrected chi connectivity index (χ1v) is 11.9. The maximum Gasteiger partial charge on any atom is 0.209 e. The number of benzene rings is 1. The van der Waals surface area contributed by atoms with Crippen LogP contribution < -0.4 is 0 Å². The minimum atomic E-state index is -1.24. The molecule has 5 rings (SSSR count). The summed E-state index contributed by atoms with van der Waals surface area (Å²) in [5.41, 5.74) is 1.96. The molecule has 162 valence electrons. The van der Waals surface area contributed by atoms with Crippen LogP contribution in [-0.2, 0) is 11.0 Å². The van der Waals surface area contributed by atoms with E-state index in [4.69, 9.17) is 10.3 Å². The quantitative estimate of drug-likeness (QED) is 0.737. The van der Waals surface area contributed by atoms with Gasteiger partial charge in [-0.1, -0.05) is 24.6 Å². The molecule has 1 saturated carbocycles. The Morgan fingerprint density at radius 2 is 1.71 bits per heavy atom. The van der Waals surface area contributed by atoms with Crippen molar-refractivity contribution in [2.24, 2.45) is 4.99 Å². The SMILES string of the molecule is C#N.O=S(c1ccc(-c2ccccn2)cc1)N1CCN=C1N1CCN(C2CCC2)CC1. The molecule has 1 saturated heterocycles. The van der Waals surface area contributed by atoms with Crippen LogP contribution in [0.2, 0.25) is 0 Å². The third kappa shape index (κ3) is 4.63. The molecular formula is C23H28N6OS. The normalized spacial score (nSPS) is 20.4. The van der Waals surface area contributed by atoms with Gasteiger partial charge in [0.05, 0.1) is 23.7 Å². The van der Waals surface area contributed by atoms with Gasteiger partial charge in [0.2, 0.25) is 5.96 Å². The smallest absolute Gasteiger partial charge is 0.209 e. The monoisotopic (exact) mass is 436 g/mol. The molecule has 2 fully saturated rings. The lowest BCUT2D eigenvalue weighted by Crippen LogP contribution is -2.55. The van der Waals surface area contributed by atoms with E-state index in [-0.39, 0.29) is 0 Å². The number of hydrogen-bond donors (Lipinski definition) is 0. The zero-order valence-electron chi connectivity index (χ0n) is 17.6. The first-order valence-electron chi connectivity index (χ1n) is 10.8. The molecule has 0 spiro atoms. The highest BCUT2D eigenvalue weighted by molar-refractivity contribution is 7.83. The molecule has 1 aromatic heterocycles. The van der Waals surface area contributed by atoms with E-state index < -0.39 is 11.0 Å². The number of piperazine rings is 1. The molecule has 1 unspecified atom stereocenters. The second-order valence-electron chi connectivity index (χ2n) is 7.88. The van der Waals surface area contributed by atoms with Crippen LogP contribution in [0.15, 0.2) is 58.5 Å². The van der Waals surface area contributed by atoms with Crippen LogP contribution in [0.5, 0.6) is 0 Å². The van der Waals surface area contributed by atoms with Crippen molar-refractivity contribution in [3.8, 4) is 17.8 Å². The Labute approximate surface area is 186 Å². The molecule has 31 heavy (non-hydrogen) atoms. The van der Waals surface area contributed by atoms with Crippen molar-refractivity contribution >= 4 is 16.9 Å². The van der Waals surface area contributed by atoms with Crippen molar-refractivity contribution < 1.29 is 4.21 Å². The lowest BCUT2D eigenvalue weighted by Gasteiger charge is -2.44. The highest BCUT2D eigenvalue weighted by Crippen LogP contribution is 2.26. The van der Waals surface area contributed by atoms with Gasteiger partial charge in [0.15, 0.2) is 11.0 Å². The number of pyridine rings is 1. The number of nitriles is 1. The van der Waals surface area contributed by atoms with E-state index >= 15 is 0 Å². The van der Waals surface area contributed by atoms with Crippen molar-refractivity contribution in [3.05, 3.63) is 48.7 Å². The van der Waals surface area contributed by atoms with Crippen LogP contribution in [0, 0.1) is 11.8 Å². The van der Waals surface area contributed by atoms with Gasteiger partial charge in [-0.3, -0.25) is 19.2 Å². The molecular weight excluding hydrogens is 408 g/mol. The highest BCUT2D eigenvalue weighted by Gasteiger charge is 2.33. The Bertz CT molecular complexity index is 934. The van der Waals surface area contributed by atoms with Crippen LogP contribution in [0.3, 0.4) is 0 Å². The minimum absolute atomic E-state index is 0.715. The largest absolute Gasteiger partial charge is 0.339 e. The Morgan fingerprint density at radius 1 is 0.968 bits per heavy atom. The molecule has 0 bridgehead atoms. The molecule has 1 atom stereocenters. The maximum atomic E-state index is 13.3. The number of guanidine groups is 1. The van der Waals surface area contributed by atoms with Gasteiger partial charge in [0.25, 0.3) is 0 Å². The van der Waals surface area contributed by atoms with Crippen molar-refractivity contribution in [3.63, 3.8) is 0 Å². The van der Waals surface area contributed by atoms with Gasteiger partial charge in [-0.05, 0) is 37.1 Å². The molecule has 0 N–H and O–H groups in total. The summed E-state index contributed by atoms with van der Waals surface area (Å²) in [5.74, 6) is 0.908. The predicted molar refractivity (Wildman–Crippen MR) is 123 cm³/mol. The predicted octanol–water partition coefficient (Wildman–Crippen LogP) is 2.75. The van der Waals surface area contributed by atoms with Gasteiger partial charge in [0.1, 0.15) is 0 Å².